The van der Waals surface area contributed by atoms with Crippen LogP contribution in [0.2, 0.25) is 0 Å². The summed E-state index contributed by atoms with van der Waals surface area (Å²) in [6.45, 7) is 12.9. The zero-order valence-electron chi connectivity index (χ0n) is 81.6. The molecule has 25 heteroatoms. The largest absolute Gasteiger partial charge is 0.354 e. The Labute approximate surface area is 847 Å². The van der Waals surface area contributed by atoms with Crippen LogP contribution in [0.1, 0.15) is 151 Å². The minimum atomic E-state index is -0.305. The quantitative estimate of drug-likeness (QED) is 0.0306. The van der Waals surface area contributed by atoms with Crippen LogP contribution in [0.15, 0.2) is 396 Å². The highest BCUT2D eigenvalue weighted by molar-refractivity contribution is 5.81. The molecule has 4 N–H and O–H groups in total. The molecule has 0 aliphatic heterocycles. The summed E-state index contributed by atoms with van der Waals surface area (Å²) in [5.74, 6) is 1.32. The number of rotatable bonds is 30. The lowest BCUT2D eigenvalue weighted by molar-refractivity contribution is 0.355. The zero-order chi connectivity index (χ0) is 100. The van der Waals surface area contributed by atoms with Crippen molar-refractivity contribution in [2.24, 2.45) is 0 Å². The number of nitrogens with one attached hydrogen (secondary N) is 4. The molecule has 1 aliphatic rings. The standard InChI is InChI=1S/C34H34FN5.C29H23FN6.2C29H26FN5/c35-28-18-16-27(17-19-28)32-33(40(24-38-32)29-14-8-3-9-15-29)31-21-23-37-34(39-31)36-22-20-30(25-10-4-1-5-11-25)26-12-6-2-7-13-26;1-20(23-5-3-2-4-6-23)34-29-32-16-15-26(35-29)28-27(24-11-13-25(30)14-12-24)33-19-36(28)18-22-9-7-21(17-31)8-10-22;1-20-7-6-8-22(17-20)18-35-19-32-27(24-11-13-25(30)14-12-24)28(35)26-15-16-31-29(34-26)33-21(2)23-9-4-3-5-10-23;1-20-8-10-22(11-9-20)18-35-19-32-27(24-12-14-25(30)15-13-24)28(35)26-16-17-31-29(34-26)33-21(2)23-6-4-3-5-7-23/h1-2,4-7,10-13,16-19,21,23-24,29-30H,3,8-9,14-15,20,22H2,(H,36,37,39);2-16,19-20H,18H2,1H3,(H,32,34,35);2*3-17,19,21H,18H2,1-2H3,(H,31,33,34)/t;20-;2*21-/m.000/s1. The Morgan fingerprint density at radius 3 is 1.02 bits per heavy atom. The number of benzene rings is 12. The lowest BCUT2D eigenvalue weighted by Crippen LogP contribution is -2.14. The molecular formula is C121H109F4N21. The fourth-order valence-electron chi connectivity index (χ4n) is 18.2. The van der Waals surface area contributed by atoms with Crippen molar-refractivity contribution in [2.75, 3.05) is 27.8 Å². The maximum atomic E-state index is 13.7. The van der Waals surface area contributed by atoms with Gasteiger partial charge in [0.25, 0.3) is 0 Å². The molecule has 0 unspecified atom stereocenters. The van der Waals surface area contributed by atoms with Crippen LogP contribution in [0.4, 0.5) is 41.4 Å². The number of nitriles is 1. The van der Waals surface area contributed by atoms with Gasteiger partial charge in [0.2, 0.25) is 23.8 Å². The maximum Gasteiger partial charge on any atom is 0.223 e. The van der Waals surface area contributed by atoms with E-state index in [0.29, 0.717) is 66.4 Å². The molecular weight excluding hydrogens is 1820 g/mol. The van der Waals surface area contributed by atoms with Crippen LogP contribution in [-0.2, 0) is 19.6 Å². The van der Waals surface area contributed by atoms with E-state index in [1.165, 1.54) is 95.6 Å². The van der Waals surface area contributed by atoms with Gasteiger partial charge in [0.1, 0.15) is 23.3 Å². The molecule has 0 radical (unpaired) electrons. The molecule has 21 rings (SSSR count). The zero-order valence-corrected chi connectivity index (χ0v) is 81.6. The summed E-state index contributed by atoms with van der Waals surface area (Å²) >= 11 is 0. The molecule has 0 saturated heterocycles. The van der Waals surface area contributed by atoms with Gasteiger partial charge in [0, 0.05) is 85.2 Å². The second-order valence-electron chi connectivity index (χ2n) is 36.1. The Balaban J connectivity index is 0.000000128. The van der Waals surface area contributed by atoms with Crippen LogP contribution in [0.25, 0.3) is 90.6 Å². The van der Waals surface area contributed by atoms with Gasteiger partial charge < -0.3 is 39.5 Å². The Hall–Kier alpha value is -17.8. The van der Waals surface area contributed by atoms with Gasteiger partial charge in [0.05, 0.1) is 123 Å². The molecule has 20 aromatic rings. The van der Waals surface area contributed by atoms with Crippen LogP contribution in [0.3, 0.4) is 0 Å². The maximum absolute atomic E-state index is 13.7. The van der Waals surface area contributed by atoms with E-state index in [-0.39, 0.29) is 47.3 Å². The SMILES string of the molecule is C[C@H](Nc1nccc(-c2c(-c3ccc(F)cc3)ncn2Cc2ccc(C#N)cc2)n1)c1ccccc1.Cc1ccc(Cn2cnc(-c3ccc(F)cc3)c2-c2ccnc(N[C@@H](C)c3ccccc3)n2)cc1.Cc1cccc(Cn2cnc(-c3ccc(F)cc3)c2-c2ccnc(N[C@@H](C)c3ccccc3)n2)c1.Fc1ccc(-c2ncn(C3CCCCC3)c2-c2ccnc(NCCC(c3ccccc3)c3ccccc3)n2)cc1. The van der Waals surface area contributed by atoms with Crippen molar-refractivity contribution in [3.8, 4) is 96.7 Å². The van der Waals surface area contributed by atoms with E-state index in [2.05, 4.69) is 246 Å². The van der Waals surface area contributed by atoms with Crippen molar-refractivity contribution in [3.05, 3.63) is 480 Å². The molecule has 726 valence electrons. The summed E-state index contributed by atoms with van der Waals surface area (Å²) in [7, 11) is 0. The monoisotopic (exact) mass is 1930 g/mol. The van der Waals surface area contributed by atoms with E-state index < -0.39 is 0 Å². The van der Waals surface area contributed by atoms with Crippen LogP contribution >= 0.6 is 0 Å². The third kappa shape index (κ3) is 25.2. The molecule has 21 nitrogen and oxygen atoms in total. The fourth-order valence-corrected chi connectivity index (χ4v) is 18.2. The summed E-state index contributed by atoms with van der Waals surface area (Å²) in [6.07, 6.45) is 21.2. The number of aryl methyl sites for hydroxylation is 2. The molecule has 1 fully saturated rings. The second-order valence-corrected chi connectivity index (χ2v) is 36.1. The predicted molar refractivity (Wildman–Crippen MR) is 571 cm³/mol. The van der Waals surface area contributed by atoms with Crippen molar-refractivity contribution in [1.82, 2.24) is 78.1 Å². The van der Waals surface area contributed by atoms with Gasteiger partial charge in [-0.2, -0.15) is 5.26 Å². The van der Waals surface area contributed by atoms with Crippen molar-refractivity contribution in [2.45, 2.75) is 123 Å². The van der Waals surface area contributed by atoms with E-state index in [9.17, 15) is 17.6 Å². The van der Waals surface area contributed by atoms with Gasteiger partial charge in [-0.1, -0.05) is 243 Å². The second kappa shape index (κ2) is 47.7. The number of hydrogen-bond acceptors (Lipinski definition) is 17. The molecule has 3 atom stereocenters. The average molecular weight is 1930 g/mol. The topological polar surface area (TPSA) is 246 Å². The van der Waals surface area contributed by atoms with Gasteiger partial charge in [-0.3, -0.25) is 0 Å². The number of imidazole rings is 4. The smallest absolute Gasteiger partial charge is 0.223 e. The minimum Gasteiger partial charge on any atom is -0.354 e. The molecule has 8 aromatic heterocycles. The third-order valence-corrected chi connectivity index (χ3v) is 25.7. The highest BCUT2D eigenvalue weighted by Crippen LogP contribution is 2.41. The van der Waals surface area contributed by atoms with Crippen molar-refractivity contribution in [1.29, 1.82) is 5.26 Å². The lowest BCUT2D eigenvalue weighted by atomic mass is 9.88. The van der Waals surface area contributed by atoms with E-state index in [0.717, 1.165) is 133 Å². The first-order valence-corrected chi connectivity index (χ1v) is 49.0. The first-order chi connectivity index (χ1) is 71.5. The molecule has 0 spiro atoms. The molecule has 146 heavy (non-hydrogen) atoms. The van der Waals surface area contributed by atoms with Gasteiger partial charge in [-0.15, -0.1) is 0 Å². The summed E-state index contributed by atoms with van der Waals surface area (Å²) in [4.78, 5) is 56.2. The molecule has 8 heterocycles. The summed E-state index contributed by atoms with van der Waals surface area (Å²) in [6, 6.07) is 112. The predicted octanol–water partition coefficient (Wildman–Crippen LogP) is 27.9. The van der Waals surface area contributed by atoms with Crippen molar-refractivity contribution >= 4 is 23.8 Å². The number of halogens is 4. The highest BCUT2D eigenvalue weighted by Gasteiger charge is 2.28. The van der Waals surface area contributed by atoms with Gasteiger partial charge in [-0.05, 0) is 232 Å². The highest BCUT2D eigenvalue weighted by atomic mass is 19.1. The first kappa shape index (κ1) is 98.4. The lowest BCUT2D eigenvalue weighted by Gasteiger charge is -2.25. The number of nitrogens with zero attached hydrogens (tertiary/aromatic N) is 17. The average Bonchev–Trinajstić information content (AvgIpc) is 1.57. The molecule has 0 bridgehead atoms. The third-order valence-electron chi connectivity index (χ3n) is 25.7. The number of aromatic nitrogens is 16. The van der Waals surface area contributed by atoms with Crippen LogP contribution in [0.5, 0.6) is 0 Å². The van der Waals surface area contributed by atoms with Crippen LogP contribution in [0, 0.1) is 48.4 Å². The molecule has 1 aliphatic carbocycles. The first-order valence-electron chi connectivity index (χ1n) is 49.0. The van der Waals surface area contributed by atoms with E-state index in [4.69, 9.17) is 40.1 Å². The van der Waals surface area contributed by atoms with E-state index in [1.54, 1.807) is 85.6 Å². The van der Waals surface area contributed by atoms with Crippen LogP contribution in [-0.4, -0.2) is 84.6 Å². The summed E-state index contributed by atoms with van der Waals surface area (Å²) in [5.41, 5.74) is 25.2. The van der Waals surface area contributed by atoms with Crippen molar-refractivity contribution < 1.29 is 17.6 Å². The molecule has 0 amide bonds. The Kier molecular flexibility index (Phi) is 32.1. The summed E-state index contributed by atoms with van der Waals surface area (Å²) in [5, 5.41) is 22.8. The van der Waals surface area contributed by atoms with Crippen LogP contribution < -0.4 is 21.3 Å². The summed E-state index contributed by atoms with van der Waals surface area (Å²) < 4.78 is 63.0. The van der Waals surface area contributed by atoms with E-state index in [1.807, 2.05) is 121 Å². The Morgan fingerprint density at radius 1 is 0.322 bits per heavy atom. The number of hydrogen-bond donors (Lipinski definition) is 4. The van der Waals surface area contributed by atoms with Gasteiger partial charge >= 0.3 is 0 Å². The molecule has 1 saturated carbocycles. The normalized spacial score (nSPS) is 12.4. The van der Waals surface area contributed by atoms with Crippen molar-refractivity contribution in [3.63, 3.8) is 0 Å². The number of anilines is 4. The fraction of sp³-hybridized carbons (Fsp3) is 0.165. The minimum absolute atomic E-state index is 0.0154. The van der Waals surface area contributed by atoms with Gasteiger partial charge in [0.15, 0.2) is 0 Å². The van der Waals surface area contributed by atoms with Gasteiger partial charge in [-0.25, -0.2) is 77.4 Å². The molecule has 12 aromatic carbocycles. The Morgan fingerprint density at radius 2 is 0.651 bits per heavy atom. The Bertz CT molecular complexity index is 7640. The van der Waals surface area contributed by atoms with E-state index >= 15 is 0 Å².